The van der Waals surface area contributed by atoms with E-state index in [1.165, 1.54) is 0 Å². The molecule has 52 valence electrons. The molecule has 2 nitrogen and oxygen atoms in total. The van der Waals surface area contributed by atoms with E-state index >= 15 is 0 Å². The van der Waals surface area contributed by atoms with Crippen LogP contribution in [0.1, 0.15) is 0 Å². The van der Waals surface area contributed by atoms with Crippen LogP contribution in [-0.2, 0) is 0 Å². The number of aromatic amines is 1. The van der Waals surface area contributed by atoms with E-state index in [2.05, 4.69) is 9.97 Å². The van der Waals surface area contributed by atoms with Gasteiger partial charge in [0.1, 0.15) is 7.85 Å². The smallest absolute Gasteiger partial charge is 0.144 e. The first-order valence-corrected chi connectivity index (χ1v) is 3.54. The molecule has 2 aromatic rings. The van der Waals surface area contributed by atoms with Crippen molar-refractivity contribution >= 4 is 35.9 Å². The molecule has 2 heterocycles. The molecule has 1 N–H and O–H groups in total. The molecule has 0 saturated carbocycles. The number of nitrogens with one attached hydrogen (secondary N) is 1. The second-order valence-corrected chi connectivity index (χ2v) is 2.66. The molecule has 4 heteroatoms. The molecule has 0 atom stereocenters. The van der Waals surface area contributed by atoms with Gasteiger partial charge in [-0.05, 0) is 6.07 Å². The van der Waals surface area contributed by atoms with E-state index in [1.54, 1.807) is 12.4 Å². The molecular formula is C7H4BClN2. The Hall–Kier alpha value is -0.955. The van der Waals surface area contributed by atoms with Gasteiger partial charge in [0.25, 0.3) is 0 Å². The molecule has 0 fully saturated rings. The number of aromatic nitrogens is 2. The lowest BCUT2D eigenvalue weighted by molar-refractivity contribution is 1.39. The second-order valence-electron chi connectivity index (χ2n) is 2.26. The molecule has 0 unspecified atom stereocenters. The van der Waals surface area contributed by atoms with Gasteiger partial charge in [-0.25, -0.2) is 0 Å². The summed E-state index contributed by atoms with van der Waals surface area (Å²) in [5.41, 5.74) is 1.28. The summed E-state index contributed by atoms with van der Waals surface area (Å²) in [5, 5.41) is 1.54. The molecule has 0 aliphatic heterocycles. The van der Waals surface area contributed by atoms with Gasteiger partial charge in [0.15, 0.2) is 0 Å². The van der Waals surface area contributed by atoms with E-state index in [9.17, 15) is 0 Å². The van der Waals surface area contributed by atoms with Gasteiger partial charge in [0.2, 0.25) is 0 Å². The quantitative estimate of drug-likeness (QED) is 0.576. The highest BCUT2D eigenvalue weighted by atomic mass is 35.5. The molecule has 0 spiro atoms. The largest absolute Gasteiger partial charge is 0.360 e. The maximum Gasteiger partial charge on any atom is 0.144 e. The van der Waals surface area contributed by atoms with Crippen LogP contribution in [0.25, 0.3) is 10.9 Å². The van der Waals surface area contributed by atoms with Crippen LogP contribution in [-0.4, -0.2) is 17.8 Å². The maximum absolute atomic E-state index is 5.83. The number of hydrogen-bond acceptors (Lipinski definition) is 1. The number of hydrogen-bond donors (Lipinski definition) is 1. The predicted octanol–water partition coefficient (Wildman–Crippen LogP) is 1.01. The van der Waals surface area contributed by atoms with E-state index < -0.39 is 0 Å². The third kappa shape index (κ3) is 0.924. The lowest BCUT2D eigenvalue weighted by atomic mass is 10.0. The monoisotopic (exact) mass is 162 g/mol. The second kappa shape index (κ2) is 2.27. The Morgan fingerprint density at radius 1 is 1.55 bits per heavy atom. The van der Waals surface area contributed by atoms with E-state index in [0.717, 1.165) is 10.9 Å². The van der Waals surface area contributed by atoms with Crippen molar-refractivity contribution in [3.05, 3.63) is 23.5 Å². The van der Waals surface area contributed by atoms with Crippen LogP contribution in [0.4, 0.5) is 0 Å². The number of nitrogens with zero attached hydrogens (tertiary/aromatic N) is 1. The van der Waals surface area contributed by atoms with Crippen molar-refractivity contribution in [2.75, 3.05) is 0 Å². The van der Waals surface area contributed by atoms with Crippen LogP contribution < -0.4 is 5.59 Å². The van der Waals surface area contributed by atoms with Crippen LogP contribution in [0, 0.1) is 0 Å². The fourth-order valence-electron chi connectivity index (χ4n) is 1.04. The molecule has 0 amide bonds. The summed E-state index contributed by atoms with van der Waals surface area (Å²) in [4.78, 5) is 6.85. The highest BCUT2D eigenvalue weighted by Gasteiger charge is 2.01. The van der Waals surface area contributed by atoms with Crippen molar-refractivity contribution in [2.24, 2.45) is 0 Å². The van der Waals surface area contributed by atoms with Crippen molar-refractivity contribution in [3.8, 4) is 0 Å². The number of H-pyrrole nitrogens is 1. The van der Waals surface area contributed by atoms with Crippen LogP contribution in [0.5, 0.6) is 0 Å². The topological polar surface area (TPSA) is 28.7 Å². The number of rotatable bonds is 0. The average molecular weight is 162 g/mol. The SMILES string of the molecule is [B]c1ncc(Cl)c2cc[nH]c12. The molecule has 2 radical (unpaired) electrons. The predicted molar refractivity (Wildman–Crippen MR) is 46.5 cm³/mol. The summed E-state index contributed by atoms with van der Waals surface area (Å²) >= 11 is 5.83. The fraction of sp³-hybridized carbons (Fsp3) is 0. The van der Waals surface area contributed by atoms with Crippen LogP contribution in [0.15, 0.2) is 18.5 Å². The van der Waals surface area contributed by atoms with Crippen LogP contribution in [0.2, 0.25) is 5.02 Å². The van der Waals surface area contributed by atoms with Crippen LogP contribution in [0.3, 0.4) is 0 Å². The first-order chi connectivity index (χ1) is 5.29. The molecule has 0 aliphatic rings. The van der Waals surface area contributed by atoms with E-state index in [0.29, 0.717) is 10.6 Å². The van der Waals surface area contributed by atoms with Crippen molar-refractivity contribution in [1.29, 1.82) is 0 Å². The fourth-order valence-corrected chi connectivity index (χ4v) is 1.25. The summed E-state index contributed by atoms with van der Waals surface area (Å²) in [6, 6.07) is 1.87. The Labute approximate surface area is 70.0 Å². The zero-order valence-electron chi connectivity index (χ0n) is 5.63. The Kier molecular flexibility index (Phi) is 1.39. The van der Waals surface area contributed by atoms with Gasteiger partial charge < -0.3 is 4.98 Å². The molecule has 0 bridgehead atoms. The molecule has 0 aliphatic carbocycles. The summed E-state index contributed by atoms with van der Waals surface area (Å²) < 4.78 is 0. The van der Waals surface area contributed by atoms with Gasteiger partial charge in [-0.15, -0.1) is 0 Å². The zero-order valence-corrected chi connectivity index (χ0v) is 6.39. The lowest BCUT2D eigenvalue weighted by Crippen LogP contribution is -2.08. The standard InChI is InChI=1S/C7H4BClN2/c8-7-6-4(1-2-10-6)5(9)3-11-7/h1-3,10H. The normalized spacial score (nSPS) is 10.6. The van der Waals surface area contributed by atoms with Gasteiger partial charge in [-0.2, -0.15) is 0 Å². The van der Waals surface area contributed by atoms with E-state index in [1.807, 2.05) is 6.07 Å². The minimum absolute atomic E-state index is 0.481. The van der Waals surface area contributed by atoms with Crippen molar-refractivity contribution in [1.82, 2.24) is 9.97 Å². The first kappa shape index (κ1) is 6.74. The Morgan fingerprint density at radius 2 is 2.36 bits per heavy atom. The number of fused-ring (bicyclic) bond motifs is 1. The molecule has 11 heavy (non-hydrogen) atoms. The molecule has 0 aromatic carbocycles. The number of halogens is 1. The van der Waals surface area contributed by atoms with E-state index in [4.69, 9.17) is 19.4 Å². The molecule has 0 saturated heterocycles. The van der Waals surface area contributed by atoms with Gasteiger partial charge in [-0.1, -0.05) is 11.6 Å². The molecule has 2 aromatic heterocycles. The van der Waals surface area contributed by atoms with Crippen molar-refractivity contribution in [3.63, 3.8) is 0 Å². The van der Waals surface area contributed by atoms with Gasteiger partial charge >= 0.3 is 0 Å². The van der Waals surface area contributed by atoms with Gasteiger partial charge in [0, 0.05) is 23.4 Å². The molecule has 2 rings (SSSR count). The summed E-state index contributed by atoms with van der Waals surface area (Å²) in [5.74, 6) is 0. The summed E-state index contributed by atoms with van der Waals surface area (Å²) in [6.07, 6.45) is 3.33. The summed E-state index contributed by atoms with van der Waals surface area (Å²) in [7, 11) is 5.57. The highest BCUT2D eigenvalue weighted by molar-refractivity contribution is 6.40. The minimum atomic E-state index is 0.481. The Balaban J connectivity index is 2.96. The Morgan fingerprint density at radius 3 is 3.09 bits per heavy atom. The highest BCUT2D eigenvalue weighted by Crippen LogP contribution is 2.18. The zero-order chi connectivity index (χ0) is 7.84. The molecular weight excluding hydrogens is 158 g/mol. The van der Waals surface area contributed by atoms with Crippen molar-refractivity contribution < 1.29 is 0 Å². The van der Waals surface area contributed by atoms with Gasteiger partial charge in [-0.3, -0.25) is 4.98 Å². The van der Waals surface area contributed by atoms with Gasteiger partial charge in [0.05, 0.1) is 10.5 Å². The average Bonchev–Trinajstić information content (AvgIpc) is 2.45. The summed E-state index contributed by atoms with van der Waals surface area (Å²) in [6.45, 7) is 0. The Bertz CT molecular complexity index is 360. The first-order valence-electron chi connectivity index (χ1n) is 3.16. The van der Waals surface area contributed by atoms with Crippen molar-refractivity contribution in [2.45, 2.75) is 0 Å². The van der Waals surface area contributed by atoms with E-state index in [-0.39, 0.29) is 0 Å². The minimum Gasteiger partial charge on any atom is -0.360 e. The third-order valence-corrected chi connectivity index (χ3v) is 1.88. The van der Waals surface area contributed by atoms with Crippen LogP contribution >= 0.6 is 11.6 Å². The number of pyridine rings is 1. The maximum atomic E-state index is 5.83. The lowest BCUT2D eigenvalue weighted by Gasteiger charge is -1.96. The third-order valence-electron chi connectivity index (χ3n) is 1.58.